The van der Waals surface area contributed by atoms with Crippen LogP contribution in [-0.2, 0) is 24.9 Å². The van der Waals surface area contributed by atoms with E-state index < -0.39 is 0 Å². The molecule has 0 saturated heterocycles. The predicted molar refractivity (Wildman–Crippen MR) is 93.4 cm³/mol. The summed E-state index contributed by atoms with van der Waals surface area (Å²) in [5.41, 5.74) is 3.04. The number of ether oxygens (including phenoxy) is 1. The lowest BCUT2D eigenvalue weighted by Crippen LogP contribution is -2.06. The number of aryl methyl sites for hydroxylation is 2. The summed E-state index contributed by atoms with van der Waals surface area (Å²) in [4.78, 5) is 0. The minimum atomic E-state index is 0.409. The van der Waals surface area contributed by atoms with Gasteiger partial charge in [0.15, 0.2) is 0 Å². The number of nitrogens with zero attached hydrogens (tertiary/aromatic N) is 2. The molecule has 0 aliphatic heterocycles. The van der Waals surface area contributed by atoms with Crippen molar-refractivity contribution in [3.8, 4) is 5.75 Å². The first-order valence-corrected chi connectivity index (χ1v) is 9.11. The molecule has 0 saturated carbocycles. The average Bonchev–Trinajstić information content (AvgIpc) is 2.81. The zero-order valence-electron chi connectivity index (χ0n) is 12.0. The lowest BCUT2D eigenvalue weighted by molar-refractivity contribution is 0.290. The van der Waals surface area contributed by atoms with Gasteiger partial charge in [-0.25, -0.2) is 0 Å². The first-order valence-electron chi connectivity index (χ1n) is 6.81. The van der Waals surface area contributed by atoms with Crippen LogP contribution in [0.4, 0.5) is 0 Å². The Morgan fingerprint density at radius 1 is 1.33 bits per heavy atom. The van der Waals surface area contributed by atoms with Crippen molar-refractivity contribution in [1.29, 1.82) is 0 Å². The maximum atomic E-state index is 6.38. The fraction of sp³-hybridized carbons (Fsp3) is 0.400. The van der Waals surface area contributed by atoms with Crippen LogP contribution in [0, 0.1) is 0 Å². The average molecular weight is 437 g/mol. The van der Waals surface area contributed by atoms with Gasteiger partial charge in [0.25, 0.3) is 0 Å². The second kappa shape index (κ2) is 7.65. The highest BCUT2D eigenvalue weighted by atomic mass is 79.9. The van der Waals surface area contributed by atoms with Crippen LogP contribution in [0.15, 0.2) is 22.7 Å². The molecule has 6 heteroatoms. The summed E-state index contributed by atoms with van der Waals surface area (Å²) in [5, 5.41) is 6.03. The third-order valence-corrected chi connectivity index (χ3v) is 4.91. The fourth-order valence-corrected chi connectivity index (χ4v) is 3.26. The van der Waals surface area contributed by atoms with Gasteiger partial charge in [0.2, 0.25) is 0 Å². The van der Waals surface area contributed by atoms with Crippen LogP contribution in [0.5, 0.6) is 5.75 Å². The van der Waals surface area contributed by atoms with Crippen LogP contribution in [0.3, 0.4) is 0 Å². The molecule has 2 aromatic rings. The zero-order valence-corrected chi connectivity index (χ0v) is 15.9. The molecule has 0 radical (unpaired) electrons. The Balaban J connectivity index is 2.18. The van der Waals surface area contributed by atoms with Crippen molar-refractivity contribution in [3.05, 3.63) is 44.6 Å². The lowest BCUT2D eigenvalue weighted by atomic mass is 10.2. The zero-order chi connectivity index (χ0) is 15.4. The molecule has 0 unspecified atom stereocenters. The van der Waals surface area contributed by atoms with E-state index in [0.717, 1.165) is 39.9 Å². The minimum absolute atomic E-state index is 0.409. The molecule has 3 nitrogen and oxygen atoms in total. The van der Waals surface area contributed by atoms with Gasteiger partial charge in [-0.2, -0.15) is 5.10 Å². The summed E-state index contributed by atoms with van der Waals surface area (Å²) in [6.07, 6.45) is 0.822. The number of halogens is 3. The Morgan fingerprint density at radius 3 is 2.67 bits per heavy atom. The van der Waals surface area contributed by atoms with E-state index in [1.807, 2.05) is 29.8 Å². The van der Waals surface area contributed by atoms with Gasteiger partial charge in [-0.15, -0.1) is 0 Å². The maximum Gasteiger partial charge on any atom is 0.134 e. The van der Waals surface area contributed by atoms with Crippen LogP contribution in [0.1, 0.15) is 30.8 Å². The molecule has 114 valence electrons. The van der Waals surface area contributed by atoms with Crippen LogP contribution < -0.4 is 4.74 Å². The number of hydrogen-bond donors (Lipinski definition) is 0. The largest absolute Gasteiger partial charge is 0.486 e. The van der Waals surface area contributed by atoms with Crippen molar-refractivity contribution in [2.75, 3.05) is 0 Å². The highest BCUT2D eigenvalue weighted by Gasteiger charge is 2.15. The molecular weight excluding hydrogens is 419 g/mol. The standard InChI is InChI=1S/C15H17Br2ClN2O/c1-3-12-15(18)13(20(4-2)19-12)9-21-14-6-5-10(8-16)7-11(14)17/h5-7H,3-4,8-9H2,1-2H3. The molecule has 0 fully saturated rings. The second-order valence-corrected chi connectivity index (χ2v) is 6.36. The van der Waals surface area contributed by atoms with E-state index in [0.29, 0.717) is 11.6 Å². The molecule has 0 atom stereocenters. The van der Waals surface area contributed by atoms with Gasteiger partial charge in [0.05, 0.1) is 20.9 Å². The molecule has 1 heterocycles. The second-order valence-electron chi connectivity index (χ2n) is 4.56. The lowest BCUT2D eigenvalue weighted by Gasteiger charge is -2.10. The summed E-state index contributed by atoms with van der Waals surface area (Å²) in [6.45, 7) is 5.29. The molecule has 0 bridgehead atoms. The first kappa shape index (κ1) is 16.8. The number of rotatable bonds is 6. The molecule has 1 aromatic carbocycles. The molecule has 0 spiro atoms. The highest BCUT2D eigenvalue weighted by Crippen LogP contribution is 2.29. The van der Waals surface area contributed by atoms with Crippen molar-refractivity contribution < 1.29 is 4.74 Å². The molecule has 2 rings (SSSR count). The van der Waals surface area contributed by atoms with Crippen molar-refractivity contribution >= 4 is 43.5 Å². The van der Waals surface area contributed by atoms with Crippen LogP contribution in [0.25, 0.3) is 0 Å². The topological polar surface area (TPSA) is 27.1 Å². The molecule has 0 aliphatic carbocycles. The third-order valence-electron chi connectivity index (χ3n) is 3.21. The van der Waals surface area contributed by atoms with Gasteiger partial charge in [-0.3, -0.25) is 4.68 Å². The predicted octanol–water partition coefficient (Wildman–Crippen LogP) is 5.36. The van der Waals surface area contributed by atoms with E-state index in [1.54, 1.807) is 0 Å². The first-order chi connectivity index (χ1) is 10.1. The number of alkyl halides is 1. The van der Waals surface area contributed by atoms with Crippen LogP contribution >= 0.6 is 43.5 Å². The van der Waals surface area contributed by atoms with Gasteiger partial charge in [-0.1, -0.05) is 40.5 Å². The normalized spacial score (nSPS) is 10.9. The van der Waals surface area contributed by atoms with Gasteiger partial charge >= 0.3 is 0 Å². The molecule has 0 aliphatic rings. The summed E-state index contributed by atoms with van der Waals surface area (Å²) < 4.78 is 8.74. The summed E-state index contributed by atoms with van der Waals surface area (Å²) in [6, 6.07) is 6.04. The monoisotopic (exact) mass is 434 g/mol. The van der Waals surface area contributed by atoms with Gasteiger partial charge < -0.3 is 4.74 Å². The summed E-state index contributed by atoms with van der Waals surface area (Å²) in [7, 11) is 0. The molecular formula is C15H17Br2ClN2O. The van der Waals surface area contributed by atoms with E-state index in [-0.39, 0.29) is 0 Å². The highest BCUT2D eigenvalue weighted by molar-refractivity contribution is 9.10. The molecule has 1 aromatic heterocycles. The van der Waals surface area contributed by atoms with Gasteiger partial charge in [0, 0.05) is 11.9 Å². The van der Waals surface area contributed by atoms with E-state index >= 15 is 0 Å². The van der Waals surface area contributed by atoms with Crippen LogP contribution in [0.2, 0.25) is 5.02 Å². The Morgan fingerprint density at radius 2 is 2.10 bits per heavy atom. The smallest absolute Gasteiger partial charge is 0.134 e. The van der Waals surface area contributed by atoms with E-state index in [2.05, 4.69) is 43.9 Å². The van der Waals surface area contributed by atoms with E-state index in [4.69, 9.17) is 16.3 Å². The molecule has 0 amide bonds. The summed E-state index contributed by atoms with van der Waals surface area (Å²) >= 11 is 13.4. The Bertz CT molecular complexity index is 628. The van der Waals surface area contributed by atoms with Crippen molar-refractivity contribution in [2.24, 2.45) is 0 Å². The van der Waals surface area contributed by atoms with E-state index in [1.165, 1.54) is 5.56 Å². The molecule has 0 N–H and O–H groups in total. The van der Waals surface area contributed by atoms with Crippen LogP contribution in [-0.4, -0.2) is 9.78 Å². The summed E-state index contributed by atoms with van der Waals surface area (Å²) in [5.74, 6) is 0.803. The van der Waals surface area contributed by atoms with E-state index in [9.17, 15) is 0 Å². The quantitative estimate of drug-likeness (QED) is 0.571. The minimum Gasteiger partial charge on any atom is -0.486 e. The van der Waals surface area contributed by atoms with Crippen molar-refractivity contribution in [3.63, 3.8) is 0 Å². The fourth-order valence-electron chi connectivity index (χ4n) is 2.05. The molecule has 21 heavy (non-hydrogen) atoms. The number of aromatic nitrogens is 2. The Hall–Kier alpha value is -0.520. The van der Waals surface area contributed by atoms with Gasteiger partial charge in [0.1, 0.15) is 12.4 Å². The van der Waals surface area contributed by atoms with Crippen molar-refractivity contribution in [2.45, 2.75) is 38.8 Å². The number of hydrogen-bond acceptors (Lipinski definition) is 2. The Labute approximate surface area is 146 Å². The van der Waals surface area contributed by atoms with Gasteiger partial charge in [-0.05, 0) is 47.0 Å². The maximum absolute atomic E-state index is 6.38. The SMILES string of the molecule is CCc1nn(CC)c(COc2ccc(CBr)cc2Br)c1Cl. The number of benzene rings is 1. The third kappa shape index (κ3) is 3.82. The Kier molecular flexibility index (Phi) is 6.14. The van der Waals surface area contributed by atoms with Crippen molar-refractivity contribution in [1.82, 2.24) is 9.78 Å².